The third-order valence-corrected chi connectivity index (χ3v) is 4.06. The molecule has 0 atom stereocenters. The highest BCUT2D eigenvalue weighted by Gasteiger charge is 2.12. The zero-order chi connectivity index (χ0) is 19.1. The summed E-state index contributed by atoms with van der Waals surface area (Å²) < 4.78 is 34.6. The van der Waals surface area contributed by atoms with Crippen LogP contribution >= 0.6 is 11.8 Å². The number of ether oxygens (including phenoxy) is 2. The molecule has 2 aromatic carbocycles. The number of rotatable bonds is 7. The Hall–Kier alpha value is -2.61. The number of nitrogens with one attached hydrogen (secondary N) is 1. The molecule has 0 unspecified atom stereocenters. The molecule has 0 aliphatic heterocycles. The van der Waals surface area contributed by atoms with E-state index in [0.29, 0.717) is 28.1 Å². The van der Waals surface area contributed by atoms with Crippen molar-refractivity contribution in [2.45, 2.75) is 17.6 Å². The Labute approximate surface area is 153 Å². The average molecular weight is 381 g/mol. The van der Waals surface area contributed by atoms with Crippen molar-refractivity contribution in [1.29, 1.82) is 0 Å². The maximum absolute atomic E-state index is 12.3. The molecule has 0 aliphatic carbocycles. The maximum Gasteiger partial charge on any atom is 0.338 e. The molecule has 26 heavy (non-hydrogen) atoms. The van der Waals surface area contributed by atoms with Crippen LogP contribution in [0, 0.1) is 6.92 Å². The molecule has 0 spiro atoms. The summed E-state index contributed by atoms with van der Waals surface area (Å²) in [6, 6.07) is 10.8. The Morgan fingerprint density at radius 2 is 1.85 bits per heavy atom. The number of thioether (sulfide) groups is 1. The van der Waals surface area contributed by atoms with E-state index < -0.39 is 24.2 Å². The Bertz CT molecular complexity index is 781. The quantitative estimate of drug-likeness (QED) is 0.578. The highest BCUT2D eigenvalue weighted by molar-refractivity contribution is 7.99. The van der Waals surface area contributed by atoms with Gasteiger partial charge < -0.3 is 14.8 Å². The van der Waals surface area contributed by atoms with Gasteiger partial charge in [0.05, 0.1) is 12.7 Å². The number of alkyl halides is 2. The van der Waals surface area contributed by atoms with Crippen molar-refractivity contribution in [1.82, 2.24) is 0 Å². The van der Waals surface area contributed by atoms with E-state index in [0.717, 1.165) is 5.56 Å². The average Bonchev–Trinajstić information content (AvgIpc) is 2.61. The van der Waals surface area contributed by atoms with Crippen molar-refractivity contribution >= 4 is 29.3 Å². The van der Waals surface area contributed by atoms with Gasteiger partial charge in [-0.2, -0.15) is 8.78 Å². The number of carbonyl (C=O) groups is 2. The van der Waals surface area contributed by atoms with E-state index in [1.807, 2.05) is 6.92 Å². The minimum atomic E-state index is -2.50. The van der Waals surface area contributed by atoms with Crippen LogP contribution in [0.15, 0.2) is 47.4 Å². The van der Waals surface area contributed by atoms with Crippen LogP contribution in [-0.2, 0) is 9.53 Å². The third kappa shape index (κ3) is 5.73. The normalized spacial score (nSPS) is 10.5. The number of esters is 1. The molecular weight excluding hydrogens is 364 g/mol. The Balaban J connectivity index is 1.87. The van der Waals surface area contributed by atoms with Crippen molar-refractivity contribution < 1.29 is 27.8 Å². The lowest BCUT2D eigenvalue weighted by Crippen LogP contribution is -2.20. The number of benzene rings is 2. The Kier molecular flexibility index (Phi) is 6.97. The number of halogens is 2. The van der Waals surface area contributed by atoms with Crippen molar-refractivity contribution in [3.8, 4) is 5.75 Å². The fourth-order valence-electron chi connectivity index (χ4n) is 2.08. The van der Waals surface area contributed by atoms with Crippen molar-refractivity contribution in [3.05, 3.63) is 53.6 Å². The fraction of sp³-hybridized carbons (Fsp3) is 0.222. The lowest BCUT2D eigenvalue weighted by Gasteiger charge is -2.09. The SMILES string of the molecule is COc1cc(C(=O)OCC(=O)Nc2ccc(SC(F)F)cc2)ccc1C. The highest BCUT2D eigenvalue weighted by Crippen LogP contribution is 2.26. The number of aryl methyl sites for hydroxylation is 1. The van der Waals surface area contributed by atoms with E-state index in [9.17, 15) is 18.4 Å². The summed E-state index contributed by atoms with van der Waals surface area (Å²) in [6.45, 7) is 1.37. The Morgan fingerprint density at radius 3 is 2.46 bits per heavy atom. The summed E-state index contributed by atoms with van der Waals surface area (Å²) in [5.41, 5.74) is 1.56. The summed E-state index contributed by atoms with van der Waals surface area (Å²) >= 11 is 0.416. The molecular formula is C18H17F2NO4S. The van der Waals surface area contributed by atoms with Crippen LogP contribution in [0.3, 0.4) is 0 Å². The van der Waals surface area contributed by atoms with E-state index in [-0.39, 0.29) is 5.56 Å². The van der Waals surface area contributed by atoms with Crippen LogP contribution < -0.4 is 10.1 Å². The third-order valence-electron chi connectivity index (χ3n) is 3.34. The summed E-state index contributed by atoms with van der Waals surface area (Å²) in [4.78, 5) is 24.2. The first-order valence-electron chi connectivity index (χ1n) is 7.55. The molecule has 0 saturated heterocycles. The molecule has 0 fully saturated rings. The smallest absolute Gasteiger partial charge is 0.338 e. The summed E-state index contributed by atoms with van der Waals surface area (Å²) in [5.74, 6) is -3.14. The van der Waals surface area contributed by atoms with Crippen LogP contribution in [0.4, 0.5) is 14.5 Å². The lowest BCUT2D eigenvalue weighted by atomic mass is 10.1. The second-order valence-corrected chi connectivity index (χ2v) is 6.28. The predicted octanol–water partition coefficient (Wildman–Crippen LogP) is 4.11. The number of methoxy groups -OCH3 is 1. The molecule has 2 rings (SSSR count). The van der Waals surface area contributed by atoms with Crippen LogP contribution in [0.5, 0.6) is 5.75 Å². The van der Waals surface area contributed by atoms with Gasteiger partial charge in [-0.3, -0.25) is 4.79 Å². The summed E-state index contributed by atoms with van der Waals surface area (Å²) in [7, 11) is 1.50. The Morgan fingerprint density at radius 1 is 1.15 bits per heavy atom. The molecule has 1 N–H and O–H groups in total. The molecule has 8 heteroatoms. The first-order chi connectivity index (χ1) is 12.4. The van der Waals surface area contributed by atoms with Gasteiger partial charge in [-0.25, -0.2) is 4.79 Å². The monoisotopic (exact) mass is 381 g/mol. The van der Waals surface area contributed by atoms with Gasteiger partial charge in [0.2, 0.25) is 0 Å². The van der Waals surface area contributed by atoms with Gasteiger partial charge in [-0.15, -0.1) is 0 Å². The van der Waals surface area contributed by atoms with Gasteiger partial charge in [0.25, 0.3) is 11.7 Å². The van der Waals surface area contributed by atoms with E-state index >= 15 is 0 Å². The van der Waals surface area contributed by atoms with Gasteiger partial charge in [-0.05, 0) is 48.9 Å². The first kappa shape index (κ1) is 19.7. The van der Waals surface area contributed by atoms with Crippen LogP contribution in [0.1, 0.15) is 15.9 Å². The van der Waals surface area contributed by atoms with Crippen LogP contribution in [-0.4, -0.2) is 31.4 Å². The largest absolute Gasteiger partial charge is 0.496 e. The van der Waals surface area contributed by atoms with Crippen molar-refractivity contribution in [2.24, 2.45) is 0 Å². The molecule has 0 aliphatic rings. The highest BCUT2D eigenvalue weighted by atomic mass is 32.2. The fourth-order valence-corrected chi connectivity index (χ4v) is 2.58. The molecule has 2 aromatic rings. The van der Waals surface area contributed by atoms with Crippen molar-refractivity contribution in [2.75, 3.05) is 19.0 Å². The zero-order valence-corrected chi connectivity index (χ0v) is 14.9. The van der Waals surface area contributed by atoms with Gasteiger partial charge >= 0.3 is 5.97 Å². The van der Waals surface area contributed by atoms with Crippen LogP contribution in [0.2, 0.25) is 0 Å². The van der Waals surface area contributed by atoms with E-state index in [2.05, 4.69) is 5.32 Å². The molecule has 0 saturated carbocycles. The molecule has 0 aromatic heterocycles. The number of hydrogen-bond acceptors (Lipinski definition) is 5. The molecule has 0 bridgehead atoms. The van der Waals surface area contributed by atoms with Gasteiger partial charge in [-0.1, -0.05) is 17.8 Å². The van der Waals surface area contributed by atoms with Gasteiger partial charge in [0.15, 0.2) is 6.61 Å². The summed E-state index contributed by atoms with van der Waals surface area (Å²) in [5, 5.41) is 2.52. The standard InChI is InChI=1S/C18H17F2NO4S/c1-11-3-4-12(9-15(11)24-2)17(23)25-10-16(22)21-13-5-7-14(8-6-13)26-18(19)20/h3-9,18H,10H2,1-2H3,(H,21,22). The number of hydrogen-bond donors (Lipinski definition) is 1. The number of anilines is 1. The topological polar surface area (TPSA) is 64.6 Å². The molecule has 0 radical (unpaired) electrons. The minimum absolute atomic E-state index is 0.272. The minimum Gasteiger partial charge on any atom is -0.496 e. The second kappa shape index (κ2) is 9.19. The predicted molar refractivity (Wildman–Crippen MR) is 94.9 cm³/mol. The van der Waals surface area contributed by atoms with E-state index in [4.69, 9.17) is 9.47 Å². The lowest BCUT2D eigenvalue weighted by molar-refractivity contribution is -0.119. The van der Waals surface area contributed by atoms with E-state index in [1.165, 1.54) is 37.4 Å². The number of carbonyl (C=O) groups excluding carboxylic acids is 2. The van der Waals surface area contributed by atoms with Crippen LogP contribution in [0.25, 0.3) is 0 Å². The van der Waals surface area contributed by atoms with E-state index in [1.54, 1.807) is 12.1 Å². The van der Waals surface area contributed by atoms with Gasteiger partial charge in [0, 0.05) is 10.6 Å². The first-order valence-corrected chi connectivity index (χ1v) is 8.43. The molecule has 0 heterocycles. The molecule has 138 valence electrons. The molecule has 1 amide bonds. The second-order valence-electron chi connectivity index (χ2n) is 5.21. The zero-order valence-electron chi connectivity index (χ0n) is 14.1. The van der Waals surface area contributed by atoms with Gasteiger partial charge in [0.1, 0.15) is 5.75 Å². The number of amides is 1. The maximum atomic E-state index is 12.3. The summed E-state index contributed by atoms with van der Waals surface area (Å²) in [6.07, 6.45) is 0. The van der Waals surface area contributed by atoms with Crippen molar-refractivity contribution in [3.63, 3.8) is 0 Å². The molecule has 5 nitrogen and oxygen atoms in total.